The lowest BCUT2D eigenvalue weighted by Crippen LogP contribution is -2.01. The van der Waals surface area contributed by atoms with E-state index >= 15 is 0 Å². The molecule has 112 valence electrons. The van der Waals surface area contributed by atoms with E-state index in [1.807, 2.05) is 36.4 Å². The van der Waals surface area contributed by atoms with Crippen molar-refractivity contribution in [2.24, 2.45) is 0 Å². The molecule has 0 unspecified atom stereocenters. The quantitative estimate of drug-likeness (QED) is 0.405. The highest BCUT2D eigenvalue weighted by Crippen LogP contribution is 2.38. The van der Waals surface area contributed by atoms with Crippen LogP contribution in [0, 0.1) is 0 Å². The zero-order valence-corrected chi connectivity index (χ0v) is 13.4. The van der Waals surface area contributed by atoms with Gasteiger partial charge in [-0.3, -0.25) is 4.79 Å². The first-order valence-corrected chi connectivity index (χ1v) is 7.79. The highest BCUT2D eigenvalue weighted by Gasteiger charge is 2.16. The number of hydrogen-bond acceptors (Lipinski definition) is 2. The van der Waals surface area contributed by atoms with Gasteiger partial charge in [0, 0.05) is 32.6 Å². The molecule has 1 aliphatic carbocycles. The van der Waals surface area contributed by atoms with Crippen molar-refractivity contribution in [3.05, 3.63) is 80.9 Å². The Morgan fingerprint density at radius 1 is 0.783 bits per heavy atom. The maximum Gasteiger partial charge on any atom is 0.183 e. The fraction of sp³-hybridized carbons (Fsp3) is 0. The summed E-state index contributed by atoms with van der Waals surface area (Å²) in [5.74, 6) is 0.539. The summed E-state index contributed by atoms with van der Waals surface area (Å²) < 4.78 is 5.88. The van der Waals surface area contributed by atoms with Crippen LogP contribution in [0.4, 0.5) is 0 Å². The van der Waals surface area contributed by atoms with E-state index in [2.05, 4.69) is 0 Å². The van der Waals surface area contributed by atoms with Crippen molar-refractivity contribution in [2.75, 3.05) is 0 Å². The summed E-state index contributed by atoms with van der Waals surface area (Å²) in [6.07, 6.45) is 0. The van der Waals surface area contributed by atoms with Crippen molar-refractivity contribution in [2.45, 2.75) is 0 Å². The molecule has 0 bridgehead atoms. The van der Waals surface area contributed by atoms with Crippen molar-refractivity contribution >= 4 is 34.2 Å². The number of rotatable bonds is 1. The number of halogens is 2. The first kappa shape index (κ1) is 14.3. The van der Waals surface area contributed by atoms with Gasteiger partial charge in [-0.1, -0.05) is 47.5 Å². The van der Waals surface area contributed by atoms with Crippen LogP contribution in [0.5, 0.6) is 0 Å². The maximum atomic E-state index is 12.1. The fourth-order valence-corrected chi connectivity index (χ4v) is 3.24. The normalized spacial score (nSPS) is 11.2. The van der Waals surface area contributed by atoms with Gasteiger partial charge in [-0.05, 0) is 35.9 Å². The molecule has 0 saturated heterocycles. The Bertz CT molecular complexity index is 1070. The van der Waals surface area contributed by atoms with Crippen LogP contribution in [-0.4, -0.2) is 0 Å². The van der Waals surface area contributed by atoms with E-state index in [1.165, 1.54) is 6.07 Å². The van der Waals surface area contributed by atoms with E-state index in [9.17, 15) is 4.79 Å². The van der Waals surface area contributed by atoms with E-state index in [4.69, 9.17) is 27.6 Å². The Morgan fingerprint density at radius 3 is 2.43 bits per heavy atom. The largest absolute Gasteiger partial charge is 0.456 e. The summed E-state index contributed by atoms with van der Waals surface area (Å²) in [5, 5.41) is 2.01. The average molecular weight is 341 g/mol. The fourth-order valence-electron chi connectivity index (χ4n) is 2.73. The van der Waals surface area contributed by atoms with Crippen LogP contribution in [0.25, 0.3) is 33.4 Å². The molecule has 0 radical (unpaired) electrons. The molecular weight excluding hydrogens is 331 g/mol. The average Bonchev–Trinajstić information content (AvgIpc) is 2.52. The van der Waals surface area contributed by atoms with Crippen LogP contribution in [0.15, 0.2) is 69.9 Å². The molecule has 2 aliphatic rings. The summed E-state index contributed by atoms with van der Waals surface area (Å²) in [6, 6.07) is 18.0. The lowest BCUT2D eigenvalue weighted by molar-refractivity contribution is 0.619. The second-order valence-corrected chi connectivity index (χ2v) is 6.13. The van der Waals surface area contributed by atoms with Gasteiger partial charge in [-0.15, -0.1) is 0 Å². The Balaban J connectivity index is 2.10. The molecule has 4 heteroatoms. The van der Waals surface area contributed by atoms with Gasteiger partial charge in [0.25, 0.3) is 0 Å². The Hall–Kier alpha value is -2.29. The smallest absolute Gasteiger partial charge is 0.183 e. The van der Waals surface area contributed by atoms with Crippen LogP contribution in [-0.2, 0) is 0 Å². The van der Waals surface area contributed by atoms with Crippen molar-refractivity contribution in [3.8, 4) is 22.5 Å². The molecular formula is C19H10Cl2O2. The zero-order chi connectivity index (χ0) is 16.0. The van der Waals surface area contributed by atoms with Crippen molar-refractivity contribution < 1.29 is 4.42 Å². The SMILES string of the molecule is O=c1cc2oc3ccccc3cc-2c(-c2ccc(Cl)cc2Cl)c1. The molecule has 0 saturated carbocycles. The lowest BCUT2D eigenvalue weighted by atomic mass is 9.96. The lowest BCUT2D eigenvalue weighted by Gasteiger charge is -2.13. The molecule has 23 heavy (non-hydrogen) atoms. The van der Waals surface area contributed by atoms with Gasteiger partial charge in [0.15, 0.2) is 5.43 Å². The summed E-state index contributed by atoms with van der Waals surface area (Å²) in [7, 11) is 0. The third kappa shape index (κ3) is 2.50. The van der Waals surface area contributed by atoms with Gasteiger partial charge in [0.2, 0.25) is 0 Å². The minimum Gasteiger partial charge on any atom is -0.456 e. The third-order valence-corrected chi connectivity index (χ3v) is 4.32. The Kier molecular flexibility index (Phi) is 3.37. The molecule has 0 spiro atoms. The molecule has 4 rings (SSSR count). The minimum absolute atomic E-state index is 0.127. The topological polar surface area (TPSA) is 30.2 Å². The molecule has 2 aromatic rings. The summed E-state index contributed by atoms with van der Waals surface area (Å²) >= 11 is 12.3. The molecule has 0 aromatic heterocycles. The van der Waals surface area contributed by atoms with Crippen molar-refractivity contribution in [1.29, 1.82) is 0 Å². The molecule has 2 nitrogen and oxygen atoms in total. The molecule has 1 aliphatic heterocycles. The van der Waals surface area contributed by atoms with E-state index in [0.29, 0.717) is 15.8 Å². The molecule has 1 heterocycles. The summed E-state index contributed by atoms with van der Waals surface area (Å²) in [6.45, 7) is 0. The third-order valence-electron chi connectivity index (χ3n) is 3.78. The van der Waals surface area contributed by atoms with Crippen LogP contribution in [0.2, 0.25) is 10.0 Å². The monoisotopic (exact) mass is 340 g/mol. The van der Waals surface area contributed by atoms with Crippen LogP contribution in [0.3, 0.4) is 0 Å². The highest BCUT2D eigenvalue weighted by molar-refractivity contribution is 6.36. The predicted octanol–water partition coefficient (Wildman–Crippen LogP) is 5.87. The van der Waals surface area contributed by atoms with Gasteiger partial charge >= 0.3 is 0 Å². The molecule has 0 fully saturated rings. The van der Waals surface area contributed by atoms with Crippen molar-refractivity contribution in [3.63, 3.8) is 0 Å². The summed E-state index contributed by atoms with van der Waals surface area (Å²) in [4.78, 5) is 12.1. The standard InChI is InChI=1S/C19H10Cl2O2/c20-12-5-6-14(17(21)8-12)15-9-13(22)10-19-16(15)7-11-3-1-2-4-18(11)23-19/h1-10H. The van der Waals surface area contributed by atoms with Crippen LogP contribution >= 0.6 is 23.2 Å². The Morgan fingerprint density at radius 2 is 1.61 bits per heavy atom. The van der Waals surface area contributed by atoms with Crippen molar-refractivity contribution in [1.82, 2.24) is 0 Å². The van der Waals surface area contributed by atoms with Gasteiger partial charge in [-0.25, -0.2) is 0 Å². The maximum absolute atomic E-state index is 12.1. The predicted molar refractivity (Wildman–Crippen MR) is 94.6 cm³/mol. The van der Waals surface area contributed by atoms with E-state index in [-0.39, 0.29) is 5.43 Å². The molecule has 0 N–H and O–H groups in total. The van der Waals surface area contributed by atoms with Gasteiger partial charge < -0.3 is 4.42 Å². The number of hydrogen-bond donors (Lipinski definition) is 0. The number of fused-ring (bicyclic) bond motifs is 2. The van der Waals surface area contributed by atoms with Gasteiger partial charge in [0.1, 0.15) is 11.3 Å². The minimum atomic E-state index is -0.127. The second kappa shape index (κ2) is 5.41. The van der Waals surface area contributed by atoms with Gasteiger partial charge in [-0.2, -0.15) is 0 Å². The molecule has 2 aromatic carbocycles. The van der Waals surface area contributed by atoms with Crippen LogP contribution in [0.1, 0.15) is 0 Å². The zero-order valence-electron chi connectivity index (χ0n) is 11.8. The van der Waals surface area contributed by atoms with E-state index < -0.39 is 0 Å². The van der Waals surface area contributed by atoms with Gasteiger partial charge in [0.05, 0.1) is 0 Å². The van der Waals surface area contributed by atoms with Crippen LogP contribution < -0.4 is 5.43 Å². The highest BCUT2D eigenvalue weighted by atomic mass is 35.5. The Labute approximate surface area is 142 Å². The summed E-state index contributed by atoms with van der Waals surface area (Å²) in [5.41, 5.74) is 2.94. The first-order valence-electron chi connectivity index (χ1n) is 7.04. The molecule has 0 atom stereocenters. The molecule has 0 amide bonds. The second-order valence-electron chi connectivity index (χ2n) is 5.29. The number of benzene rings is 3. The van der Waals surface area contributed by atoms with E-state index in [1.54, 1.807) is 18.2 Å². The van der Waals surface area contributed by atoms with E-state index in [0.717, 1.165) is 27.7 Å². The number of para-hydroxylation sites is 1. The first-order chi connectivity index (χ1) is 11.1.